The molecule has 2 aromatic rings. The summed E-state index contributed by atoms with van der Waals surface area (Å²) in [5, 5.41) is 0.497. The van der Waals surface area contributed by atoms with Crippen molar-refractivity contribution in [3.8, 4) is 0 Å². The highest BCUT2D eigenvalue weighted by molar-refractivity contribution is 7.99. The topological polar surface area (TPSA) is 77.0 Å². The Balaban J connectivity index is 2.42. The van der Waals surface area contributed by atoms with Crippen molar-refractivity contribution < 1.29 is 9.53 Å². The largest absolute Gasteiger partial charge is 0.468 e. The maximum Gasteiger partial charge on any atom is 0.316 e. The van der Waals surface area contributed by atoms with Crippen molar-refractivity contribution in [1.82, 2.24) is 14.5 Å². The molecule has 0 aliphatic carbocycles. The molecule has 6 nitrogen and oxygen atoms in total. The number of hydrogen-bond acceptors (Lipinski definition) is 5. The predicted octanol–water partition coefficient (Wildman–Crippen LogP) is 0.835. The van der Waals surface area contributed by atoms with Crippen molar-refractivity contribution in [2.75, 3.05) is 12.9 Å². The van der Waals surface area contributed by atoms with Gasteiger partial charge >= 0.3 is 5.97 Å². The number of fused-ring (bicyclic) bond motifs is 1. The average Bonchev–Trinajstić information content (AvgIpc) is 2.72. The number of methoxy groups -OCH3 is 1. The lowest BCUT2D eigenvalue weighted by molar-refractivity contribution is -0.137. The first-order valence-electron chi connectivity index (χ1n) is 5.29. The van der Waals surface area contributed by atoms with Crippen LogP contribution in [0.2, 0.25) is 0 Å². The number of nitrogens with one attached hydrogen (secondary N) is 1. The monoisotopic (exact) mass is 267 g/mol. The molecule has 96 valence electrons. The summed E-state index contributed by atoms with van der Waals surface area (Å²) in [5.74, 6) is -0.217. The Hall–Kier alpha value is -1.76. The summed E-state index contributed by atoms with van der Waals surface area (Å²) in [6, 6.07) is 1.80. The van der Waals surface area contributed by atoms with Crippen molar-refractivity contribution in [3.63, 3.8) is 0 Å². The van der Waals surface area contributed by atoms with E-state index in [2.05, 4.69) is 14.7 Å². The Labute approximate surface area is 107 Å². The normalized spacial score (nSPS) is 10.8. The van der Waals surface area contributed by atoms with Crippen LogP contribution in [0.5, 0.6) is 0 Å². The first-order valence-corrected chi connectivity index (χ1v) is 6.27. The third-order valence-corrected chi connectivity index (χ3v) is 3.50. The van der Waals surface area contributed by atoms with Crippen LogP contribution in [0, 0.1) is 6.92 Å². The molecule has 18 heavy (non-hydrogen) atoms. The summed E-state index contributed by atoms with van der Waals surface area (Å²) in [5.41, 5.74) is 1.82. The van der Waals surface area contributed by atoms with Crippen LogP contribution in [0.3, 0.4) is 0 Å². The minimum Gasteiger partial charge on any atom is -0.468 e. The predicted molar refractivity (Wildman–Crippen MR) is 68.8 cm³/mol. The smallest absolute Gasteiger partial charge is 0.316 e. The van der Waals surface area contributed by atoms with Crippen LogP contribution in [0.15, 0.2) is 16.0 Å². The molecule has 1 N–H and O–H groups in total. The zero-order valence-electron chi connectivity index (χ0n) is 10.3. The second kappa shape index (κ2) is 4.85. The van der Waals surface area contributed by atoms with Gasteiger partial charge in [0.1, 0.15) is 5.52 Å². The van der Waals surface area contributed by atoms with Crippen molar-refractivity contribution in [3.05, 3.63) is 22.1 Å². The van der Waals surface area contributed by atoms with Gasteiger partial charge in [0.25, 0.3) is 5.56 Å². The lowest BCUT2D eigenvalue weighted by Gasteiger charge is -2.05. The van der Waals surface area contributed by atoms with Gasteiger partial charge in [-0.05, 0) is 13.0 Å². The zero-order valence-corrected chi connectivity index (χ0v) is 11.1. The van der Waals surface area contributed by atoms with E-state index in [-0.39, 0.29) is 17.3 Å². The molecular formula is C11H13N3O3S. The van der Waals surface area contributed by atoms with E-state index in [4.69, 9.17) is 0 Å². The van der Waals surface area contributed by atoms with E-state index in [1.165, 1.54) is 23.4 Å². The van der Waals surface area contributed by atoms with Crippen LogP contribution in [0.25, 0.3) is 11.0 Å². The number of carbonyl (C=O) groups excluding carboxylic acids is 1. The van der Waals surface area contributed by atoms with Crippen LogP contribution in [-0.4, -0.2) is 33.4 Å². The van der Waals surface area contributed by atoms with Gasteiger partial charge in [0, 0.05) is 12.7 Å². The second-order valence-electron chi connectivity index (χ2n) is 3.84. The molecule has 0 saturated heterocycles. The third kappa shape index (κ3) is 2.26. The molecule has 0 aliphatic rings. The van der Waals surface area contributed by atoms with Crippen LogP contribution in [-0.2, 0) is 16.6 Å². The van der Waals surface area contributed by atoms with E-state index in [1.807, 2.05) is 6.92 Å². The fourth-order valence-electron chi connectivity index (χ4n) is 1.57. The molecule has 0 unspecified atom stereocenters. The highest BCUT2D eigenvalue weighted by atomic mass is 32.2. The van der Waals surface area contributed by atoms with Gasteiger partial charge in [-0.15, -0.1) is 0 Å². The standard InChI is InChI=1S/C11H13N3O3S/c1-6-4-7-9(12-6)10(16)14(2)11(13-7)18-5-8(15)17-3/h4,12H,5H2,1-3H3. The molecule has 0 bridgehead atoms. The number of rotatable bonds is 3. The maximum absolute atomic E-state index is 12.0. The summed E-state index contributed by atoms with van der Waals surface area (Å²) in [4.78, 5) is 30.4. The molecule has 7 heteroatoms. The Morgan fingerprint density at radius 2 is 2.33 bits per heavy atom. The summed E-state index contributed by atoms with van der Waals surface area (Å²) in [6.45, 7) is 1.86. The van der Waals surface area contributed by atoms with Crippen molar-refractivity contribution in [1.29, 1.82) is 0 Å². The quantitative estimate of drug-likeness (QED) is 0.506. The number of aryl methyl sites for hydroxylation is 1. The number of H-pyrrole nitrogens is 1. The highest BCUT2D eigenvalue weighted by Gasteiger charge is 2.12. The summed E-state index contributed by atoms with van der Waals surface area (Å²) < 4.78 is 5.98. The number of esters is 1. The number of thioether (sulfide) groups is 1. The van der Waals surface area contributed by atoms with Gasteiger partial charge in [-0.3, -0.25) is 14.2 Å². The number of hydrogen-bond donors (Lipinski definition) is 1. The van der Waals surface area contributed by atoms with Crippen LogP contribution in [0.4, 0.5) is 0 Å². The SMILES string of the molecule is COC(=O)CSc1nc2cc(C)[nH]c2c(=O)n1C. The molecule has 2 heterocycles. The molecule has 0 spiro atoms. The lowest BCUT2D eigenvalue weighted by atomic mass is 10.4. The van der Waals surface area contributed by atoms with E-state index in [0.29, 0.717) is 16.2 Å². The van der Waals surface area contributed by atoms with Crippen LogP contribution >= 0.6 is 11.8 Å². The Morgan fingerprint density at radius 3 is 3.00 bits per heavy atom. The maximum atomic E-state index is 12.0. The molecule has 0 aliphatic heterocycles. The number of ether oxygens (including phenoxy) is 1. The molecule has 2 rings (SSSR count). The Bertz CT molecular complexity index is 659. The van der Waals surface area contributed by atoms with E-state index in [1.54, 1.807) is 13.1 Å². The van der Waals surface area contributed by atoms with Gasteiger partial charge in [0.05, 0.1) is 18.4 Å². The molecule has 2 aromatic heterocycles. The minimum atomic E-state index is -0.348. The fourth-order valence-corrected chi connectivity index (χ4v) is 2.37. The zero-order chi connectivity index (χ0) is 13.3. The van der Waals surface area contributed by atoms with Gasteiger partial charge in [-0.25, -0.2) is 4.98 Å². The second-order valence-corrected chi connectivity index (χ2v) is 4.78. The minimum absolute atomic E-state index is 0.131. The first-order chi connectivity index (χ1) is 8.52. The van der Waals surface area contributed by atoms with Crippen molar-refractivity contribution in [2.24, 2.45) is 7.05 Å². The van der Waals surface area contributed by atoms with Gasteiger partial charge in [0.15, 0.2) is 5.16 Å². The van der Waals surface area contributed by atoms with Crippen LogP contribution in [0.1, 0.15) is 5.69 Å². The number of aromatic nitrogens is 3. The van der Waals surface area contributed by atoms with Crippen molar-refractivity contribution >= 4 is 28.8 Å². The van der Waals surface area contributed by atoms with Crippen LogP contribution < -0.4 is 5.56 Å². The number of nitrogens with zero attached hydrogens (tertiary/aromatic N) is 2. The van der Waals surface area contributed by atoms with Gasteiger partial charge < -0.3 is 9.72 Å². The summed E-state index contributed by atoms with van der Waals surface area (Å²) in [7, 11) is 2.96. The molecule has 0 saturated carbocycles. The summed E-state index contributed by atoms with van der Waals surface area (Å²) in [6.07, 6.45) is 0. The third-order valence-electron chi connectivity index (χ3n) is 2.50. The summed E-state index contributed by atoms with van der Waals surface area (Å²) >= 11 is 1.18. The number of carbonyl (C=O) groups is 1. The number of aromatic amines is 1. The van der Waals surface area contributed by atoms with E-state index in [9.17, 15) is 9.59 Å². The molecule has 0 atom stereocenters. The highest BCUT2D eigenvalue weighted by Crippen LogP contribution is 2.17. The Kier molecular flexibility index (Phi) is 3.42. The molecule has 0 aromatic carbocycles. The average molecular weight is 267 g/mol. The van der Waals surface area contributed by atoms with Gasteiger partial charge in [0.2, 0.25) is 0 Å². The lowest BCUT2D eigenvalue weighted by Crippen LogP contribution is -2.20. The van der Waals surface area contributed by atoms with Gasteiger partial charge in [-0.1, -0.05) is 11.8 Å². The fraction of sp³-hybridized carbons (Fsp3) is 0.364. The van der Waals surface area contributed by atoms with E-state index >= 15 is 0 Å². The van der Waals surface area contributed by atoms with Gasteiger partial charge in [-0.2, -0.15) is 0 Å². The van der Waals surface area contributed by atoms with Crippen molar-refractivity contribution in [2.45, 2.75) is 12.1 Å². The molecule has 0 fully saturated rings. The van der Waals surface area contributed by atoms with E-state index < -0.39 is 0 Å². The molecule has 0 amide bonds. The van der Waals surface area contributed by atoms with E-state index in [0.717, 1.165) is 5.69 Å². The first kappa shape index (κ1) is 12.7. The molecular weight excluding hydrogens is 254 g/mol. The Morgan fingerprint density at radius 1 is 1.61 bits per heavy atom. The molecule has 0 radical (unpaired) electrons.